The molecule has 0 aromatic rings. The molecule has 0 bridgehead atoms. The van der Waals surface area contributed by atoms with Crippen molar-refractivity contribution < 1.29 is 13.5 Å². The molecule has 2 atom stereocenters. The van der Waals surface area contributed by atoms with Crippen LogP contribution in [0.4, 0.5) is 0 Å². The number of aliphatic hydroxyl groups excluding tert-OH is 1. The number of hydrogen-bond donors (Lipinski definition) is 1. The van der Waals surface area contributed by atoms with Crippen LogP contribution in [0.15, 0.2) is 0 Å². The van der Waals surface area contributed by atoms with E-state index in [2.05, 4.69) is 6.07 Å². The zero-order chi connectivity index (χ0) is 11.8. The third kappa shape index (κ3) is 1.96. The van der Waals surface area contributed by atoms with Crippen LogP contribution in [0.1, 0.15) is 32.1 Å². The van der Waals surface area contributed by atoms with Gasteiger partial charge in [0.25, 0.3) is 0 Å². The normalized spacial score (nSPS) is 36.0. The average molecular weight is 243 g/mol. The molecule has 2 unspecified atom stereocenters. The summed E-state index contributed by atoms with van der Waals surface area (Å²) in [5.41, 5.74) is -1.03. The second kappa shape index (κ2) is 4.01. The zero-order valence-electron chi connectivity index (χ0n) is 9.22. The standard InChI is InChI=1S/C11H17NO3S/c12-7-11(5-6-16(14,15)8-11)10(13)9-3-1-2-4-9/h9-10,13H,1-6,8H2. The minimum absolute atomic E-state index is 0.0460. The Morgan fingerprint density at radius 2 is 2.00 bits per heavy atom. The maximum Gasteiger partial charge on any atom is 0.152 e. The van der Waals surface area contributed by atoms with Crippen LogP contribution in [0.2, 0.25) is 0 Å². The summed E-state index contributed by atoms with van der Waals surface area (Å²) in [6.07, 6.45) is 3.53. The van der Waals surface area contributed by atoms with Gasteiger partial charge in [-0.3, -0.25) is 0 Å². The van der Waals surface area contributed by atoms with E-state index in [0.717, 1.165) is 25.7 Å². The van der Waals surface area contributed by atoms with Gasteiger partial charge in [-0.15, -0.1) is 0 Å². The number of nitriles is 1. The van der Waals surface area contributed by atoms with Crippen LogP contribution in [-0.2, 0) is 9.84 Å². The molecule has 4 nitrogen and oxygen atoms in total. The molecule has 5 heteroatoms. The maximum atomic E-state index is 11.5. The second-order valence-corrected chi connectivity index (χ2v) is 7.28. The van der Waals surface area contributed by atoms with Crippen molar-refractivity contribution in [3.8, 4) is 6.07 Å². The fourth-order valence-electron chi connectivity index (χ4n) is 2.99. The summed E-state index contributed by atoms with van der Waals surface area (Å²) in [4.78, 5) is 0. The van der Waals surface area contributed by atoms with Crippen molar-refractivity contribution in [1.29, 1.82) is 5.26 Å². The molecule has 0 spiro atoms. The molecule has 1 N–H and O–H groups in total. The van der Waals surface area contributed by atoms with Crippen molar-refractivity contribution in [2.75, 3.05) is 11.5 Å². The van der Waals surface area contributed by atoms with Crippen LogP contribution >= 0.6 is 0 Å². The number of hydrogen-bond acceptors (Lipinski definition) is 4. The third-order valence-corrected chi connectivity index (χ3v) is 5.75. The van der Waals surface area contributed by atoms with Crippen LogP contribution < -0.4 is 0 Å². The topological polar surface area (TPSA) is 78.2 Å². The van der Waals surface area contributed by atoms with E-state index in [1.165, 1.54) is 0 Å². The van der Waals surface area contributed by atoms with E-state index in [9.17, 15) is 18.8 Å². The Morgan fingerprint density at radius 3 is 2.44 bits per heavy atom. The molecule has 90 valence electrons. The van der Waals surface area contributed by atoms with Crippen LogP contribution in [0.25, 0.3) is 0 Å². The van der Waals surface area contributed by atoms with Crippen LogP contribution in [0.3, 0.4) is 0 Å². The number of sulfone groups is 1. The predicted molar refractivity (Wildman–Crippen MR) is 59.3 cm³/mol. The van der Waals surface area contributed by atoms with Gasteiger partial charge in [-0.05, 0) is 25.2 Å². The van der Waals surface area contributed by atoms with Crippen LogP contribution in [0.5, 0.6) is 0 Å². The molecular formula is C11H17NO3S. The molecule has 1 heterocycles. The minimum Gasteiger partial charge on any atom is -0.391 e. The number of aliphatic hydroxyl groups is 1. The Labute approximate surface area is 96.2 Å². The highest BCUT2D eigenvalue weighted by molar-refractivity contribution is 7.91. The molecule has 1 aliphatic carbocycles. The minimum atomic E-state index is -3.12. The molecule has 2 fully saturated rings. The highest BCUT2D eigenvalue weighted by Gasteiger charge is 2.50. The fraction of sp³-hybridized carbons (Fsp3) is 0.909. The van der Waals surface area contributed by atoms with Gasteiger partial charge in [-0.1, -0.05) is 12.8 Å². The molecule has 0 radical (unpaired) electrons. The summed E-state index contributed by atoms with van der Waals surface area (Å²) in [6.45, 7) is 0. The molecular weight excluding hydrogens is 226 g/mol. The molecule has 0 amide bonds. The van der Waals surface area contributed by atoms with Crippen molar-refractivity contribution in [2.24, 2.45) is 11.3 Å². The van der Waals surface area contributed by atoms with Gasteiger partial charge in [0.2, 0.25) is 0 Å². The molecule has 0 aromatic carbocycles. The van der Waals surface area contributed by atoms with E-state index in [1.54, 1.807) is 0 Å². The van der Waals surface area contributed by atoms with Gasteiger partial charge in [-0.25, -0.2) is 8.42 Å². The Balaban J connectivity index is 2.19. The average Bonchev–Trinajstić information content (AvgIpc) is 2.85. The van der Waals surface area contributed by atoms with Gasteiger partial charge in [0.15, 0.2) is 9.84 Å². The second-order valence-electron chi connectivity index (χ2n) is 5.10. The van der Waals surface area contributed by atoms with Gasteiger partial charge in [-0.2, -0.15) is 5.26 Å². The SMILES string of the molecule is N#CC1(C(O)C2CCCC2)CCS(=O)(=O)C1. The Hall–Kier alpha value is -0.600. The first-order valence-corrected chi connectivity index (χ1v) is 7.61. The van der Waals surface area contributed by atoms with Crippen molar-refractivity contribution in [2.45, 2.75) is 38.2 Å². The van der Waals surface area contributed by atoms with E-state index < -0.39 is 21.4 Å². The van der Waals surface area contributed by atoms with Gasteiger partial charge < -0.3 is 5.11 Å². The lowest BCUT2D eigenvalue weighted by molar-refractivity contribution is 0.0281. The number of nitrogens with zero attached hydrogens (tertiary/aromatic N) is 1. The van der Waals surface area contributed by atoms with E-state index >= 15 is 0 Å². The lowest BCUT2D eigenvalue weighted by atomic mass is 9.76. The zero-order valence-corrected chi connectivity index (χ0v) is 10.0. The van der Waals surface area contributed by atoms with Gasteiger partial charge in [0.1, 0.15) is 0 Å². The first-order chi connectivity index (χ1) is 7.49. The van der Waals surface area contributed by atoms with Crippen LogP contribution in [0, 0.1) is 22.7 Å². The molecule has 1 saturated carbocycles. The van der Waals surface area contributed by atoms with E-state index in [0.29, 0.717) is 6.42 Å². The maximum absolute atomic E-state index is 11.5. The first kappa shape index (κ1) is 11.9. The smallest absolute Gasteiger partial charge is 0.152 e. The van der Waals surface area contributed by atoms with Gasteiger partial charge in [0, 0.05) is 0 Å². The van der Waals surface area contributed by atoms with Crippen LogP contribution in [-0.4, -0.2) is 31.1 Å². The quantitative estimate of drug-likeness (QED) is 0.780. The summed E-state index contributed by atoms with van der Waals surface area (Å²) >= 11 is 0. The van der Waals surface area contributed by atoms with Crippen molar-refractivity contribution in [1.82, 2.24) is 0 Å². The molecule has 2 rings (SSSR count). The largest absolute Gasteiger partial charge is 0.391 e. The Morgan fingerprint density at radius 1 is 1.38 bits per heavy atom. The van der Waals surface area contributed by atoms with E-state index in [1.807, 2.05) is 0 Å². The highest BCUT2D eigenvalue weighted by atomic mass is 32.2. The molecule has 1 saturated heterocycles. The van der Waals surface area contributed by atoms with Crippen molar-refractivity contribution >= 4 is 9.84 Å². The van der Waals surface area contributed by atoms with Gasteiger partial charge in [0.05, 0.1) is 29.1 Å². The van der Waals surface area contributed by atoms with Crippen molar-refractivity contribution in [3.05, 3.63) is 0 Å². The lowest BCUT2D eigenvalue weighted by Gasteiger charge is -2.30. The fourth-order valence-corrected chi connectivity index (χ4v) is 4.97. The summed E-state index contributed by atoms with van der Waals surface area (Å²) in [6, 6.07) is 2.08. The summed E-state index contributed by atoms with van der Waals surface area (Å²) < 4.78 is 22.9. The molecule has 16 heavy (non-hydrogen) atoms. The van der Waals surface area contributed by atoms with Crippen molar-refractivity contribution in [3.63, 3.8) is 0 Å². The summed E-state index contributed by atoms with van der Waals surface area (Å²) in [7, 11) is -3.12. The van der Waals surface area contributed by atoms with E-state index in [-0.39, 0.29) is 17.4 Å². The predicted octanol–water partition coefficient (Wildman–Crippen LogP) is 0.866. The summed E-state index contributed by atoms with van der Waals surface area (Å²) in [5.74, 6) is 0.00588. The third-order valence-electron chi connectivity index (χ3n) is 3.97. The lowest BCUT2D eigenvalue weighted by Crippen LogP contribution is -2.39. The first-order valence-electron chi connectivity index (χ1n) is 5.79. The van der Waals surface area contributed by atoms with E-state index in [4.69, 9.17) is 0 Å². The highest BCUT2D eigenvalue weighted by Crippen LogP contribution is 2.42. The monoisotopic (exact) mass is 243 g/mol. The molecule has 1 aliphatic heterocycles. The Kier molecular flexibility index (Phi) is 2.97. The molecule has 2 aliphatic rings. The molecule has 0 aromatic heterocycles. The summed E-state index contributed by atoms with van der Waals surface area (Å²) in [5, 5.41) is 19.4. The van der Waals surface area contributed by atoms with Gasteiger partial charge >= 0.3 is 0 Å². The Bertz CT molecular complexity index is 405. The number of rotatable bonds is 2.